The summed E-state index contributed by atoms with van der Waals surface area (Å²) in [6.07, 6.45) is 1.33. The second-order valence-corrected chi connectivity index (χ2v) is 5.87. The van der Waals surface area contributed by atoms with Gasteiger partial charge < -0.3 is 10.4 Å². The van der Waals surface area contributed by atoms with Gasteiger partial charge >= 0.3 is 0 Å². The number of hydrogen-bond donors (Lipinski definition) is 2. The number of carbonyl (C=O) groups excluding carboxylic acids is 2. The topological polar surface area (TPSA) is 66.4 Å². The van der Waals surface area contributed by atoms with E-state index in [1.165, 1.54) is 5.56 Å². The minimum atomic E-state index is -0.275. The van der Waals surface area contributed by atoms with Gasteiger partial charge in [0.15, 0.2) is 5.78 Å². The molecule has 1 rings (SSSR count). The minimum absolute atomic E-state index is 0.0297. The summed E-state index contributed by atoms with van der Waals surface area (Å²) in [6.45, 7) is 5.93. The number of aliphatic hydroxyl groups excluding tert-OH is 1. The summed E-state index contributed by atoms with van der Waals surface area (Å²) >= 11 is 0. The van der Waals surface area contributed by atoms with Gasteiger partial charge in [0.2, 0.25) is 5.91 Å². The molecular weight excluding hydrogens is 266 g/mol. The molecule has 1 aromatic rings. The maximum atomic E-state index is 12.0. The molecule has 0 aliphatic carbocycles. The van der Waals surface area contributed by atoms with E-state index in [4.69, 9.17) is 5.11 Å². The van der Waals surface area contributed by atoms with Gasteiger partial charge in [0.1, 0.15) is 0 Å². The number of benzene rings is 1. The molecule has 1 unspecified atom stereocenters. The first-order valence-electron chi connectivity index (χ1n) is 7.44. The van der Waals surface area contributed by atoms with Crippen LogP contribution in [0.15, 0.2) is 24.3 Å². The van der Waals surface area contributed by atoms with Crippen LogP contribution in [0.3, 0.4) is 0 Å². The van der Waals surface area contributed by atoms with Crippen molar-refractivity contribution in [1.82, 2.24) is 5.32 Å². The van der Waals surface area contributed by atoms with Crippen LogP contribution >= 0.6 is 0 Å². The SMILES string of the molecule is CC(C)Cc1ccc(C(=O)CCC(=O)NC(C)CO)cc1. The average molecular weight is 291 g/mol. The van der Waals surface area contributed by atoms with Crippen LogP contribution in [0.5, 0.6) is 0 Å². The fourth-order valence-electron chi connectivity index (χ4n) is 2.06. The molecule has 4 nitrogen and oxygen atoms in total. The van der Waals surface area contributed by atoms with Crippen molar-refractivity contribution in [3.05, 3.63) is 35.4 Å². The highest BCUT2D eigenvalue weighted by atomic mass is 16.3. The van der Waals surface area contributed by atoms with E-state index >= 15 is 0 Å². The zero-order chi connectivity index (χ0) is 15.8. The number of nitrogens with one attached hydrogen (secondary N) is 1. The summed E-state index contributed by atoms with van der Waals surface area (Å²) in [5.41, 5.74) is 1.86. The number of aliphatic hydroxyl groups is 1. The number of rotatable bonds is 8. The van der Waals surface area contributed by atoms with Gasteiger partial charge in [-0.15, -0.1) is 0 Å². The lowest BCUT2D eigenvalue weighted by molar-refractivity contribution is -0.121. The Morgan fingerprint density at radius 1 is 1.10 bits per heavy atom. The van der Waals surface area contributed by atoms with Crippen molar-refractivity contribution < 1.29 is 14.7 Å². The molecule has 0 saturated heterocycles. The van der Waals surface area contributed by atoms with Gasteiger partial charge in [-0.25, -0.2) is 0 Å². The maximum absolute atomic E-state index is 12.0. The quantitative estimate of drug-likeness (QED) is 0.722. The number of ketones is 1. The van der Waals surface area contributed by atoms with Crippen molar-refractivity contribution in [2.75, 3.05) is 6.61 Å². The molecule has 4 heteroatoms. The maximum Gasteiger partial charge on any atom is 0.220 e. The number of carbonyl (C=O) groups is 2. The van der Waals surface area contributed by atoms with Gasteiger partial charge in [0.25, 0.3) is 0 Å². The molecule has 1 atom stereocenters. The van der Waals surface area contributed by atoms with Gasteiger partial charge in [0.05, 0.1) is 6.61 Å². The standard InChI is InChI=1S/C17H25NO3/c1-12(2)10-14-4-6-15(7-5-14)16(20)8-9-17(21)18-13(3)11-19/h4-7,12-13,19H,8-11H2,1-3H3,(H,18,21). The zero-order valence-electron chi connectivity index (χ0n) is 13.1. The molecule has 0 fully saturated rings. The summed E-state index contributed by atoms with van der Waals surface area (Å²) in [5.74, 6) is 0.350. The predicted molar refractivity (Wildman–Crippen MR) is 83.2 cm³/mol. The van der Waals surface area contributed by atoms with Crippen molar-refractivity contribution in [1.29, 1.82) is 0 Å². The third-order valence-corrected chi connectivity index (χ3v) is 3.18. The van der Waals surface area contributed by atoms with Crippen LogP contribution in [-0.4, -0.2) is 29.4 Å². The van der Waals surface area contributed by atoms with Crippen molar-refractivity contribution in [3.8, 4) is 0 Å². The van der Waals surface area contributed by atoms with Crippen LogP contribution in [-0.2, 0) is 11.2 Å². The van der Waals surface area contributed by atoms with E-state index < -0.39 is 0 Å². The largest absolute Gasteiger partial charge is 0.394 e. The second-order valence-electron chi connectivity index (χ2n) is 5.87. The summed E-state index contributed by atoms with van der Waals surface area (Å²) in [4.78, 5) is 23.6. The predicted octanol–water partition coefficient (Wildman–Crippen LogP) is 2.35. The van der Waals surface area contributed by atoms with Crippen LogP contribution in [0.2, 0.25) is 0 Å². The molecule has 1 aromatic carbocycles. The number of Topliss-reactive ketones (excluding diaryl/α,β-unsaturated/α-hetero) is 1. The summed E-state index contributed by atoms with van der Waals surface area (Å²) in [5, 5.41) is 11.5. The molecule has 0 saturated carbocycles. The minimum Gasteiger partial charge on any atom is -0.394 e. The van der Waals surface area contributed by atoms with E-state index in [1.807, 2.05) is 24.3 Å². The molecule has 21 heavy (non-hydrogen) atoms. The fraction of sp³-hybridized carbons (Fsp3) is 0.529. The monoisotopic (exact) mass is 291 g/mol. The molecule has 0 aliphatic rings. The van der Waals surface area contributed by atoms with Gasteiger partial charge in [-0.3, -0.25) is 9.59 Å². The lowest BCUT2D eigenvalue weighted by Gasteiger charge is -2.10. The molecule has 1 amide bonds. The van der Waals surface area contributed by atoms with Crippen molar-refractivity contribution in [2.24, 2.45) is 5.92 Å². The van der Waals surface area contributed by atoms with Crippen molar-refractivity contribution in [2.45, 2.75) is 46.1 Å². The molecule has 0 spiro atoms. The first-order chi connectivity index (χ1) is 9.92. The molecule has 0 aromatic heterocycles. The highest BCUT2D eigenvalue weighted by Crippen LogP contribution is 2.12. The second kappa shape index (κ2) is 8.57. The Kier molecular flexibility index (Phi) is 7.09. The lowest BCUT2D eigenvalue weighted by Crippen LogP contribution is -2.35. The van der Waals surface area contributed by atoms with Crippen molar-refractivity contribution in [3.63, 3.8) is 0 Å². The Bertz CT molecular complexity index is 465. The van der Waals surface area contributed by atoms with Gasteiger partial charge in [0, 0.05) is 24.4 Å². The molecule has 0 heterocycles. The molecule has 2 N–H and O–H groups in total. The third-order valence-electron chi connectivity index (χ3n) is 3.18. The van der Waals surface area contributed by atoms with Crippen molar-refractivity contribution >= 4 is 11.7 Å². The zero-order valence-corrected chi connectivity index (χ0v) is 13.1. The van der Waals surface area contributed by atoms with Gasteiger partial charge in [-0.05, 0) is 24.8 Å². The average Bonchev–Trinajstić information content (AvgIpc) is 2.44. The Balaban J connectivity index is 2.46. The normalized spacial score (nSPS) is 12.2. The Hall–Kier alpha value is -1.68. The smallest absolute Gasteiger partial charge is 0.220 e. The number of hydrogen-bond acceptors (Lipinski definition) is 3. The molecule has 0 aliphatic heterocycles. The van der Waals surface area contributed by atoms with Gasteiger partial charge in [-0.2, -0.15) is 0 Å². The lowest BCUT2D eigenvalue weighted by atomic mass is 9.99. The third kappa shape index (κ3) is 6.54. The summed E-state index contributed by atoms with van der Waals surface area (Å²) < 4.78 is 0. The van der Waals surface area contributed by atoms with E-state index in [-0.39, 0.29) is 37.2 Å². The Morgan fingerprint density at radius 3 is 2.24 bits per heavy atom. The fourth-order valence-corrected chi connectivity index (χ4v) is 2.06. The number of amides is 1. The Labute approximate surface area is 126 Å². The van der Waals surface area contributed by atoms with Crippen LogP contribution in [0, 0.1) is 5.92 Å². The van der Waals surface area contributed by atoms with E-state index in [1.54, 1.807) is 6.92 Å². The highest BCUT2D eigenvalue weighted by Gasteiger charge is 2.11. The molecule has 116 valence electrons. The molecular formula is C17H25NO3. The van der Waals surface area contributed by atoms with E-state index in [2.05, 4.69) is 19.2 Å². The first-order valence-corrected chi connectivity index (χ1v) is 7.44. The van der Waals surface area contributed by atoms with E-state index in [0.717, 1.165) is 6.42 Å². The Morgan fingerprint density at radius 2 is 1.71 bits per heavy atom. The van der Waals surface area contributed by atoms with E-state index in [0.29, 0.717) is 11.5 Å². The highest BCUT2D eigenvalue weighted by molar-refractivity contribution is 5.97. The van der Waals surface area contributed by atoms with E-state index in [9.17, 15) is 9.59 Å². The van der Waals surface area contributed by atoms with Crippen LogP contribution in [0.1, 0.15) is 49.5 Å². The van der Waals surface area contributed by atoms with Gasteiger partial charge in [-0.1, -0.05) is 38.1 Å². The van der Waals surface area contributed by atoms with Crippen LogP contribution < -0.4 is 5.32 Å². The molecule has 0 radical (unpaired) electrons. The molecule has 0 bridgehead atoms. The van der Waals surface area contributed by atoms with Crippen LogP contribution in [0.4, 0.5) is 0 Å². The van der Waals surface area contributed by atoms with Crippen LogP contribution in [0.25, 0.3) is 0 Å². The summed E-state index contributed by atoms with van der Waals surface area (Å²) in [6, 6.07) is 7.33. The first kappa shape index (κ1) is 17.4. The summed E-state index contributed by atoms with van der Waals surface area (Å²) in [7, 11) is 0.